The second-order valence-corrected chi connectivity index (χ2v) is 7.17. The summed E-state index contributed by atoms with van der Waals surface area (Å²) in [5, 5.41) is 21.3. The van der Waals surface area contributed by atoms with Crippen molar-refractivity contribution < 1.29 is 13.5 Å². The summed E-state index contributed by atoms with van der Waals surface area (Å²) in [6.45, 7) is 0.750. The number of hydrogen-bond donors (Lipinski definition) is 2. The molecule has 1 unspecified atom stereocenters. The van der Waals surface area contributed by atoms with Crippen LogP contribution in [-0.2, 0) is 9.84 Å². The predicted molar refractivity (Wildman–Crippen MR) is 74.8 cm³/mol. The Morgan fingerprint density at radius 3 is 2.55 bits per heavy atom. The average Bonchev–Trinajstić information content (AvgIpc) is 3.28. The van der Waals surface area contributed by atoms with E-state index < -0.39 is 9.84 Å². The standard InChI is InChI=1S/C14H18N2O3S/c15-9-11-1-5-13(6-2-11)20(18,19)8-7-16-10-14(17)12-3-4-12/h1-2,5-6,12,14,16-17H,3-4,7-8,10H2. The summed E-state index contributed by atoms with van der Waals surface area (Å²) in [5.74, 6) is 0.369. The molecule has 0 radical (unpaired) electrons. The third-order valence-corrected chi connectivity index (χ3v) is 5.14. The van der Waals surface area contributed by atoms with Crippen molar-refractivity contribution in [3.05, 3.63) is 29.8 Å². The number of benzene rings is 1. The maximum Gasteiger partial charge on any atom is 0.179 e. The van der Waals surface area contributed by atoms with Gasteiger partial charge in [-0.05, 0) is 43.0 Å². The Hall–Kier alpha value is -1.42. The number of aliphatic hydroxyl groups excluding tert-OH is 1. The first-order valence-corrected chi connectivity index (χ1v) is 8.30. The highest BCUT2D eigenvalue weighted by molar-refractivity contribution is 7.91. The first-order valence-electron chi connectivity index (χ1n) is 6.64. The van der Waals surface area contributed by atoms with Crippen LogP contribution in [0, 0.1) is 17.2 Å². The lowest BCUT2D eigenvalue weighted by atomic mass is 10.2. The van der Waals surface area contributed by atoms with Crippen molar-refractivity contribution in [2.24, 2.45) is 5.92 Å². The van der Waals surface area contributed by atoms with Crippen LogP contribution in [0.3, 0.4) is 0 Å². The monoisotopic (exact) mass is 294 g/mol. The van der Waals surface area contributed by atoms with Crippen molar-refractivity contribution >= 4 is 9.84 Å². The summed E-state index contributed by atoms with van der Waals surface area (Å²) in [5.41, 5.74) is 0.439. The van der Waals surface area contributed by atoms with Crippen LogP contribution in [0.4, 0.5) is 0 Å². The quantitative estimate of drug-likeness (QED) is 0.722. The van der Waals surface area contributed by atoms with Gasteiger partial charge in [-0.15, -0.1) is 0 Å². The van der Waals surface area contributed by atoms with Crippen LogP contribution < -0.4 is 5.32 Å². The average molecular weight is 294 g/mol. The van der Waals surface area contributed by atoms with E-state index in [2.05, 4.69) is 5.32 Å². The largest absolute Gasteiger partial charge is 0.392 e. The fourth-order valence-corrected chi connectivity index (χ4v) is 3.16. The molecule has 2 rings (SSSR count). The van der Waals surface area contributed by atoms with Crippen molar-refractivity contribution in [3.63, 3.8) is 0 Å². The van der Waals surface area contributed by atoms with Crippen LogP contribution in [0.2, 0.25) is 0 Å². The second-order valence-electron chi connectivity index (χ2n) is 5.06. The molecule has 1 aliphatic rings. The van der Waals surface area contributed by atoms with Gasteiger partial charge in [-0.1, -0.05) is 0 Å². The molecule has 1 aliphatic carbocycles. The minimum absolute atomic E-state index is 0.0176. The molecule has 1 saturated carbocycles. The molecule has 0 aliphatic heterocycles. The van der Waals surface area contributed by atoms with Crippen molar-refractivity contribution in [2.45, 2.75) is 23.8 Å². The zero-order valence-corrected chi connectivity index (χ0v) is 11.9. The molecule has 108 valence electrons. The predicted octanol–water partition coefficient (Wildman–Crippen LogP) is 0.692. The lowest BCUT2D eigenvalue weighted by molar-refractivity contribution is 0.149. The Kier molecular flexibility index (Phi) is 4.76. The van der Waals surface area contributed by atoms with Crippen molar-refractivity contribution in [1.29, 1.82) is 5.26 Å². The van der Waals surface area contributed by atoms with E-state index in [9.17, 15) is 13.5 Å². The molecule has 0 amide bonds. The van der Waals surface area contributed by atoms with Gasteiger partial charge in [-0.25, -0.2) is 8.42 Å². The molecule has 1 fully saturated rings. The molecule has 0 saturated heterocycles. The lowest BCUT2D eigenvalue weighted by Gasteiger charge is -2.10. The molecule has 6 heteroatoms. The summed E-state index contributed by atoms with van der Waals surface area (Å²) < 4.78 is 24.1. The fraction of sp³-hybridized carbons (Fsp3) is 0.500. The van der Waals surface area contributed by atoms with E-state index in [1.54, 1.807) is 0 Å². The van der Waals surface area contributed by atoms with Gasteiger partial charge < -0.3 is 10.4 Å². The minimum atomic E-state index is -3.34. The highest BCUT2D eigenvalue weighted by Crippen LogP contribution is 2.32. The second kappa shape index (κ2) is 6.35. The maximum absolute atomic E-state index is 12.0. The number of nitrogens with zero attached hydrogens (tertiary/aromatic N) is 1. The number of hydrogen-bond acceptors (Lipinski definition) is 5. The zero-order valence-electron chi connectivity index (χ0n) is 11.1. The van der Waals surface area contributed by atoms with Crippen molar-refractivity contribution in [2.75, 3.05) is 18.8 Å². The number of nitrogens with one attached hydrogen (secondary N) is 1. The first-order chi connectivity index (χ1) is 9.53. The number of rotatable bonds is 7. The third kappa shape index (κ3) is 4.04. The molecule has 2 N–H and O–H groups in total. The number of aliphatic hydroxyl groups is 1. The molecule has 1 atom stereocenters. The zero-order chi connectivity index (χ0) is 14.6. The maximum atomic E-state index is 12.0. The molecule has 20 heavy (non-hydrogen) atoms. The van der Waals surface area contributed by atoms with Crippen molar-refractivity contribution in [1.82, 2.24) is 5.32 Å². The normalized spacial score (nSPS) is 16.6. The fourth-order valence-electron chi connectivity index (χ4n) is 1.96. The van der Waals surface area contributed by atoms with Crippen molar-refractivity contribution in [3.8, 4) is 6.07 Å². The smallest absolute Gasteiger partial charge is 0.179 e. The van der Waals surface area contributed by atoms with E-state index in [4.69, 9.17) is 5.26 Å². The van der Waals surface area contributed by atoms with Crippen LogP contribution in [0.1, 0.15) is 18.4 Å². The Balaban J connectivity index is 1.82. The lowest BCUT2D eigenvalue weighted by Crippen LogP contribution is -2.31. The van der Waals surface area contributed by atoms with Crippen LogP contribution in [0.5, 0.6) is 0 Å². The molecule has 5 nitrogen and oxygen atoms in total. The van der Waals surface area contributed by atoms with E-state index in [-0.39, 0.29) is 16.8 Å². The van der Waals surface area contributed by atoms with Crippen LogP contribution in [0.25, 0.3) is 0 Å². The van der Waals surface area contributed by atoms with E-state index in [0.717, 1.165) is 12.8 Å². The van der Waals surface area contributed by atoms with Gasteiger partial charge in [-0.2, -0.15) is 5.26 Å². The van der Waals surface area contributed by atoms with Gasteiger partial charge in [0.15, 0.2) is 9.84 Å². The Morgan fingerprint density at radius 2 is 2.00 bits per heavy atom. The highest BCUT2D eigenvalue weighted by Gasteiger charge is 2.29. The van der Waals surface area contributed by atoms with Gasteiger partial charge in [0, 0.05) is 13.1 Å². The molecule has 0 bridgehead atoms. The van der Waals surface area contributed by atoms with Gasteiger partial charge in [0.2, 0.25) is 0 Å². The van der Waals surface area contributed by atoms with Gasteiger partial charge in [0.25, 0.3) is 0 Å². The Labute approximate surface area is 119 Å². The Morgan fingerprint density at radius 1 is 1.35 bits per heavy atom. The number of nitriles is 1. The van der Waals surface area contributed by atoms with E-state index >= 15 is 0 Å². The topological polar surface area (TPSA) is 90.2 Å². The van der Waals surface area contributed by atoms with Gasteiger partial charge in [0.1, 0.15) is 0 Å². The number of sulfone groups is 1. The summed E-state index contributed by atoms with van der Waals surface area (Å²) in [7, 11) is -3.34. The van der Waals surface area contributed by atoms with Gasteiger partial charge in [-0.3, -0.25) is 0 Å². The summed E-state index contributed by atoms with van der Waals surface area (Å²) >= 11 is 0. The molecule has 1 aromatic carbocycles. The minimum Gasteiger partial charge on any atom is -0.392 e. The SMILES string of the molecule is N#Cc1ccc(S(=O)(=O)CCNCC(O)C2CC2)cc1. The summed E-state index contributed by atoms with van der Waals surface area (Å²) in [6.07, 6.45) is 1.76. The molecular formula is C14H18N2O3S. The molecule has 0 spiro atoms. The van der Waals surface area contributed by atoms with Crippen LogP contribution in [-0.4, -0.2) is 38.5 Å². The van der Waals surface area contributed by atoms with E-state index in [1.165, 1.54) is 24.3 Å². The molecule has 1 aromatic rings. The highest BCUT2D eigenvalue weighted by atomic mass is 32.2. The molecule has 0 heterocycles. The van der Waals surface area contributed by atoms with Gasteiger partial charge >= 0.3 is 0 Å². The first kappa shape index (κ1) is 15.0. The van der Waals surface area contributed by atoms with E-state index in [1.807, 2.05) is 6.07 Å². The van der Waals surface area contributed by atoms with Crippen LogP contribution in [0.15, 0.2) is 29.2 Å². The van der Waals surface area contributed by atoms with E-state index in [0.29, 0.717) is 24.6 Å². The molecule has 0 aromatic heterocycles. The van der Waals surface area contributed by atoms with Gasteiger partial charge in [0.05, 0.1) is 28.4 Å². The summed E-state index contributed by atoms with van der Waals surface area (Å²) in [4.78, 5) is 0.223. The molecular weight excluding hydrogens is 276 g/mol. The Bertz CT molecular complexity index is 586. The van der Waals surface area contributed by atoms with Crippen LogP contribution >= 0.6 is 0 Å². The summed E-state index contributed by atoms with van der Waals surface area (Å²) in [6, 6.07) is 7.85. The third-order valence-electron chi connectivity index (χ3n) is 3.41.